The van der Waals surface area contributed by atoms with Crippen molar-refractivity contribution in [3.63, 3.8) is 0 Å². The largest absolute Gasteiger partial charge is 0.472 e. The minimum Gasteiger partial charge on any atom is -0.462 e. The van der Waals surface area contributed by atoms with Gasteiger partial charge in [-0.25, -0.2) is 4.57 Å². The Labute approximate surface area is 334 Å². The first-order valence-electron chi connectivity index (χ1n) is 21.1. The summed E-state index contributed by atoms with van der Waals surface area (Å²) in [4.78, 5) is 49.5. The van der Waals surface area contributed by atoms with Crippen LogP contribution >= 0.6 is 20.5 Å². The molecule has 0 aromatic heterocycles. The molecule has 0 saturated carbocycles. The summed E-state index contributed by atoms with van der Waals surface area (Å²) in [5.74, 6) is -2.85. The summed E-state index contributed by atoms with van der Waals surface area (Å²) in [6.45, 7) is 3.87. The number of carbonyl (C=O) groups is 3. The van der Waals surface area contributed by atoms with Crippen LogP contribution in [0.4, 0.5) is 0 Å². The number of esters is 2. The predicted molar refractivity (Wildman–Crippen MR) is 222 cm³/mol. The van der Waals surface area contributed by atoms with Crippen LogP contribution < -0.4 is 5.73 Å². The van der Waals surface area contributed by atoms with Crippen molar-refractivity contribution in [3.8, 4) is 0 Å². The average molecular weight is 808 g/mol. The van der Waals surface area contributed by atoms with E-state index in [0.717, 1.165) is 64.2 Å². The van der Waals surface area contributed by atoms with Gasteiger partial charge in [0, 0.05) is 12.2 Å². The number of allylic oxidation sites excluding steroid dienone is 2. The highest BCUT2D eigenvalue weighted by atomic mass is 32.1. The molecule has 54 heavy (non-hydrogen) atoms. The Balaban J connectivity index is 5.03. The van der Waals surface area contributed by atoms with Crippen LogP contribution in [0.15, 0.2) is 12.2 Å². The monoisotopic (exact) mass is 808 g/mol. The van der Waals surface area contributed by atoms with Crippen LogP contribution in [0.2, 0.25) is 0 Å². The van der Waals surface area contributed by atoms with E-state index in [1.807, 2.05) is 21.1 Å². The number of rotatable bonds is 38. The molecule has 4 atom stereocenters. The van der Waals surface area contributed by atoms with Gasteiger partial charge in [-0.3, -0.25) is 23.4 Å². The second-order valence-corrected chi connectivity index (χ2v) is 17.5. The van der Waals surface area contributed by atoms with E-state index in [9.17, 15) is 23.8 Å². The highest BCUT2D eigenvalue weighted by molar-refractivity contribution is 7.80. The molecule has 0 fully saturated rings. The molecule has 3 N–H and O–H groups in total. The molecule has 0 aromatic carbocycles. The zero-order valence-electron chi connectivity index (χ0n) is 34.8. The Kier molecular flexibility index (Phi) is 33.0. The average Bonchev–Trinajstić information content (AvgIpc) is 3.12. The fourth-order valence-corrected chi connectivity index (χ4v) is 6.73. The summed E-state index contributed by atoms with van der Waals surface area (Å²) in [7, 11) is 1.23. The van der Waals surface area contributed by atoms with E-state index < -0.39 is 56.8 Å². The third kappa shape index (κ3) is 31.9. The second-order valence-electron chi connectivity index (χ2n) is 15.7. The van der Waals surface area contributed by atoms with Crippen LogP contribution in [-0.4, -0.2) is 92.5 Å². The normalized spacial score (nSPS) is 14.8. The fraction of sp³-hybridized carbons (Fsp3) is 0.878. The zero-order chi connectivity index (χ0) is 40.5. The number of nitrogens with two attached hydrogens (primary N) is 1. The van der Waals surface area contributed by atoms with E-state index >= 15 is 0 Å². The molecule has 0 amide bonds. The summed E-state index contributed by atoms with van der Waals surface area (Å²) >= 11 is 4.15. The smallest absolute Gasteiger partial charge is 0.462 e. The molecule has 0 aliphatic rings. The molecule has 0 aromatic rings. The number of Topliss-reactive ketones (excluding diaryl/α,β-unsaturated/α-hetero) is 1. The van der Waals surface area contributed by atoms with Gasteiger partial charge < -0.3 is 24.6 Å². The highest BCUT2D eigenvalue weighted by Crippen LogP contribution is 2.43. The standard InChI is InChI=1S/C41H79N2O9PS/c1-6-8-10-12-14-16-17-18-19-20-21-22-24-26-28-30-39(44)49-33-36(34-51-53(47,48)50-32-31-43(3,4)5)52-41(46)37(40(45)38(42)35-54)29-27-25-23-15-13-11-9-7-2/h18-19,36-38H,6-17,20-35,42H2,1-5H3,(H-,47,48,54)/p+1/b19-18-. The van der Waals surface area contributed by atoms with Gasteiger partial charge in [-0.2, -0.15) is 12.6 Å². The number of hydrogen-bond acceptors (Lipinski definition) is 10. The maximum Gasteiger partial charge on any atom is 0.472 e. The van der Waals surface area contributed by atoms with Crippen molar-refractivity contribution in [2.75, 3.05) is 53.3 Å². The number of carbonyl (C=O) groups excluding carboxylic acids is 3. The number of phosphoric acid groups is 1. The maximum atomic E-state index is 13.4. The number of phosphoric ester groups is 1. The minimum atomic E-state index is -4.51. The van der Waals surface area contributed by atoms with Crippen molar-refractivity contribution in [1.29, 1.82) is 0 Å². The molecule has 0 heterocycles. The summed E-state index contributed by atoms with van der Waals surface area (Å²) < 4.78 is 34.5. The van der Waals surface area contributed by atoms with Gasteiger partial charge in [-0.05, 0) is 38.5 Å². The van der Waals surface area contributed by atoms with Gasteiger partial charge in [0.25, 0.3) is 0 Å². The molecule has 4 unspecified atom stereocenters. The number of nitrogens with zero attached hydrogens (tertiary/aromatic N) is 1. The number of ether oxygens (including phenoxy) is 2. The van der Waals surface area contributed by atoms with Gasteiger partial charge in [0.2, 0.25) is 0 Å². The topological polar surface area (TPSA) is 151 Å². The lowest BCUT2D eigenvalue weighted by Gasteiger charge is -2.25. The van der Waals surface area contributed by atoms with Gasteiger partial charge in [0.05, 0.1) is 33.8 Å². The first-order chi connectivity index (χ1) is 25.8. The summed E-state index contributed by atoms with van der Waals surface area (Å²) in [6, 6.07) is -0.953. The van der Waals surface area contributed by atoms with E-state index in [-0.39, 0.29) is 25.2 Å². The lowest BCUT2D eigenvalue weighted by Crippen LogP contribution is -2.42. The number of unbranched alkanes of at least 4 members (excludes halogenated alkanes) is 18. The van der Waals surface area contributed by atoms with E-state index in [2.05, 4.69) is 38.6 Å². The van der Waals surface area contributed by atoms with Gasteiger partial charge in [-0.15, -0.1) is 0 Å². The summed E-state index contributed by atoms with van der Waals surface area (Å²) in [5.41, 5.74) is 5.99. The molecule has 0 bridgehead atoms. The zero-order valence-corrected chi connectivity index (χ0v) is 36.6. The Morgan fingerprint density at radius 2 is 1.24 bits per heavy atom. The van der Waals surface area contributed by atoms with Crippen LogP contribution in [0.25, 0.3) is 0 Å². The number of likely N-dealkylation sites (N-methyl/N-ethyl adjacent to an activating group) is 1. The molecular weight excluding hydrogens is 727 g/mol. The third-order valence-electron chi connectivity index (χ3n) is 9.33. The highest BCUT2D eigenvalue weighted by Gasteiger charge is 2.34. The van der Waals surface area contributed by atoms with E-state index in [0.29, 0.717) is 23.9 Å². The third-order valence-corrected chi connectivity index (χ3v) is 10.7. The number of thiol groups is 1. The molecule has 11 nitrogen and oxygen atoms in total. The molecular formula is C41H80N2O9PS+. The Bertz CT molecular complexity index is 1040. The van der Waals surface area contributed by atoms with Gasteiger partial charge in [0.1, 0.15) is 25.7 Å². The van der Waals surface area contributed by atoms with Crippen molar-refractivity contribution >= 4 is 38.2 Å². The van der Waals surface area contributed by atoms with E-state index in [4.69, 9.17) is 24.3 Å². The van der Waals surface area contributed by atoms with Crippen molar-refractivity contribution < 1.29 is 46.8 Å². The molecule has 318 valence electrons. The molecule has 0 radical (unpaired) electrons. The van der Waals surface area contributed by atoms with Crippen LogP contribution in [0.5, 0.6) is 0 Å². The van der Waals surface area contributed by atoms with Gasteiger partial charge in [-0.1, -0.05) is 129 Å². The maximum absolute atomic E-state index is 13.4. The number of ketones is 1. The lowest BCUT2D eigenvalue weighted by atomic mass is 9.93. The van der Waals surface area contributed by atoms with Crippen molar-refractivity contribution in [2.45, 2.75) is 174 Å². The van der Waals surface area contributed by atoms with Gasteiger partial charge in [0.15, 0.2) is 11.9 Å². The number of quaternary nitrogens is 1. The quantitative estimate of drug-likeness (QED) is 0.0105. The van der Waals surface area contributed by atoms with Crippen LogP contribution in [0, 0.1) is 5.92 Å². The molecule has 0 rings (SSSR count). The fourth-order valence-electron chi connectivity index (χ4n) is 5.81. The lowest BCUT2D eigenvalue weighted by molar-refractivity contribution is -0.870. The molecule has 0 spiro atoms. The Morgan fingerprint density at radius 3 is 1.76 bits per heavy atom. The summed E-state index contributed by atoms with van der Waals surface area (Å²) in [5, 5.41) is 0. The van der Waals surface area contributed by atoms with Crippen LogP contribution in [0.3, 0.4) is 0 Å². The SMILES string of the molecule is CCCCCCCC/C=C\CCCCCCCC(=O)OCC(COP(=O)(O)OCC[N+](C)(C)C)OC(=O)C(CCCCCCCCCC)C(=O)C(N)CS. The first kappa shape index (κ1) is 52.7. The van der Waals surface area contributed by atoms with Crippen molar-refractivity contribution in [3.05, 3.63) is 12.2 Å². The van der Waals surface area contributed by atoms with Gasteiger partial charge >= 0.3 is 19.8 Å². The Morgan fingerprint density at radius 1 is 0.741 bits per heavy atom. The van der Waals surface area contributed by atoms with Crippen LogP contribution in [-0.2, 0) is 37.5 Å². The predicted octanol–water partition coefficient (Wildman–Crippen LogP) is 9.29. The van der Waals surface area contributed by atoms with Crippen LogP contribution in [0.1, 0.15) is 162 Å². The van der Waals surface area contributed by atoms with Crippen molar-refractivity contribution in [2.24, 2.45) is 11.7 Å². The second kappa shape index (κ2) is 33.8. The first-order valence-corrected chi connectivity index (χ1v) is 23.2. The van der Waals surface area contributed by atoms with Crippen molar-refractivity contribution in [1.82, 2.24) is 0 Å². The molecule has 0 saturated heterocycles. The molecule has 0 aliphatic heterocycles. The van der Waals surface area contributed by atoms with E-state index in [1.54, 1.807) is 0 Å². The molecule has 13 heteroatoms. The Hall–Kier alpha value is -1.27. The molecule has 0 aliphatic carbocycles. The van der Waals surface area contributed by atoms with E-state index in [1.165, 1.54) is 57.8 Å². The summed E-state index contributed by atoms with van der Waals surface area (Å²) in [6.07, 6.45) is 27.1. The number of hydrogen-bond donors (Lipinski definition) is 3. The minimum absolute atomic E-state index is 0.0382.